The molecule has 3 rings (SSSR count). The third-order valence-corrected chi connectivity index (χ3v) is 4.56. The van der Waals surface area contributed by atoms with Crippen LogP contribution >= 0.6 is 0 Å². The van der Waals surface area contributed by atoms with Crippen LogP contribution in [0.2, 0.25) is 0 Å². The van der Waals surface area contributed by atoms with Crippen LogP contribution in [0.4, 0.5) is 11.4 Å². The fourth-order valence-corrected chi connectivity index (χ4v) is 2.78. The number of nitrogens with zero attached hydrogens (tertiary/aromatic N) is 2. The van der Waals surface area contributed by atoms with E-state index >= 15 is 0 Å². The molecule has 0 radical (unpaired) electrons. The molecule has 7 nitrogen and oxygen atoms in total. The maximum absolute atomic E-state index is 11.5. The molecule has 0 aliphatic rings. The molecule has 33 heavy (non-hydrogen) atoms. The van der Waals surface area contributed by atoms with Crippen molar-refractivity contribution in [2.24, 2.45) is 10.2 Å². The molecular formula is C26H24N2O5. The van der Waals surface area contributed by atoms with Crippen LogP contribution in [0.15, 0.2) is 95.2 Å². The average Bonchev–Trinajstić information content (AvgIpc) is 2.85. The van der Waals surface area contributed by atoms with Gasteiger partial charge in [0.05, 0.1) is 24.0 Å². The van der Waals surface area contributed by atoms with Crippen molar-refractivity contribution < 1.29 is 23.8 Å². The molecule has 0 spiro atoms. The molecule has 0 saturated heterocycles. The van der Waals surface area contributed by atoms with Gasteiger partial charge in [-0.1, -0.05) is 30.8 Å². The summed E-state index contributed by atoms with van der Waals surface area (Å²) in [6.07, 6.45) is 0. The number of hydrogen-bond donors (Lipinski definition) is 0. The summed E-state index contributed by atoms with van der Waals surface area (Å²) < 4.78 is 15.3. The van der Waals surface area contributed by atoms with Gasteiger partial charge in [-0.3, -0.25) is 0 Å². The fourth-order valence-electron chi connectivity index (χ4n) is 2.78. The zero-order chi connectivity index (χ0) is 23.6. The van der Waals surface area contributed by atoms with Gasteiger partial charge in [-0.25, -0.2) is 9.59 Å². The number of esters is 2. The number of ether oxygens (including phenoxy) is 3. The van der Waals surface area contributed by atoms with Gasteiger partial charge < -0.3 is 14.2 Å². The van der Waals surface area contributed by atoms with Crippen molar-refractivity contribution in [2.75, 3.05) is 20.3 Å². The topological polar surface area (TPSA) is 86.5 Å². The number of methoxy groups -OCH3 is 1. The smallest absolute Gasteiger partial charge is 0.337 e. The molecule has 0 heterocycles. The van der Waals surface area contributed by atoms with Crippen LogP contribution in [0.1, 0.15) is 17.3 Å². The molecule has 3 aromatic carbocycles. The van der Waals surface area contributed by atoms with Crippen LogP contribution in [0, 0.1) is 0 Å². The Morgan fingerprint density at radius 3 is 1.82 bits per heavy atom. The third-order valence-electron chi connectivity index (χ3n) is 4.56. The summed E-state index contributed by atoms with van der Waals surface area (Å²) in [4.78, 5) is 22.8. The molecule has 0 amide bonds. The lowest BCUT2D eigenvalue weighted by molar-refractivity contribution is -0.139. The zero-order valence-corrected chi connectivity index (χ0v) is 18.5. The molecule has 168 valence electrons. The minimum absolute atomic E-state index is 0.166. The van der Waals surface area contributed by atoms with Gasteiger partial charge in [0, 0.05) is 5.57 Å². The monoisotopic (exact) mass is 444 g/mol. The molecule has 0 N–H and O–H groups in total. The Kier molecular flexibility index (Phi) is 8.07. The summed E-state index contributed by atoms with van der Waals surface area (Å²) >= 11 is 0. The molecule has 0 aliphatic heterocycles. The second-order valence-corrected chi connectivity index (χ2v) is 7.07. The Morgan fingerprint density at radius 1 is 0.788 bits per heavy atom. The van der Waals surface area contributed by atoms with Crippen molar-refractivity contribution in [3.63, 3.8) is 0 Å². The van der Waals surface area contributed by atoms with Crippen molar-refractivity contribution in [3.8, 4) is 16.9 Å². The van der Waals surface area contributed by atoms with E-state index in [1.54, 1.807) is 31.2 Å². The molecule has 0 bridgehead atoms. The molecule has 0 fully saturated rings. The normalized spacial score (nSPS) is 10.6. The van der Waals surface area contributed by atoms with E-state index in [1.807, 2.05) is 48.5 Å². The van der Waals surface area contributed by atoms with Crippen LogP contribution in [0.5, 0.6) is 5.75 Å². The average molecular weight is 444 g/mol. The summed E-state index contributed by atoms with van der Waals surface area (Å²) in [7, 11) is 1.34. The van der Waals surface area contributed by atoms with Crippen molar-refractivity contribution in [1.29, 1.82) is 0 Å². The number of hydrogen-bond acceptors (Lipinski definition) is 7. The lowest BCUT2D eigenvalue weighted by Crippen LogP contribution is -2.12. The van der Waals surface area contributed by atoms with E-state index < -0.39 is 11.9 Å². The first kappa shape index (κ1) is 23.4. The van der Waals surface area contributed by atoms with Crippen LogP contribution < -0.4 is 4.74 Å². The van der Waals surface area contributed by atoms with Gasteiger partial charge in [0.2, 0.25) is 0 Å². The number of benzene rings is 3. The van der Waals surface area contributed by atoms with Gasteiger partial charge in [0.25, 0.3) is 0 Å². The van der Waals surface area contributed by atoms with Crippen LogP contribution in [0.25, 0.3) is 11.1 Å². The number of azo groups is 1. The van der Waals surface area contributed by atoms with Gasteiger partial charge in [-0.15, -0.1) is 0 Å². The zero-order valence-electron chi connectivity index (χ0n) is 18.5. The lowest BCUT2D eigenvalue weighted by atomic mass is 10.1. The van der Waals surface area contributed by atoms with Crippen molar-refractivity contribution >= 4 is 23.3 Å². The summed E-state index contributed by atoms with van der Waals surface area (Å²) in [6.45, 7) is 5.56. The standard InChI is InChI=1S/C26H24N2O5/c1-18(2)25(29)33-17-16-32-24-14-8-20(9-15-24)19-4-10-22(11-5-19)27-28-23-12-6-21(7-13-23)26(30)31-3/h4-15H,1,16-17H2,2-3H3. The Balaban J connectivity index is 1.54. The van der Waals surface area contributed by atoms with Gasteiger partial charge in [0.1, 0.15) is 19.0 Å². The first-order chi connectivity index (χ1) is 16.0. The summed E-state index contributed by atoms with van der Waals surface area (Å²) in [5.74, 6) is -0.125. The van der Waals surface area contributed by atoms with Gasteiger partial charge >= 0.3 is 11.9 Å². The SMILES string of the molecule is C=C(C)C(=O)OCCOc1ccc(-c2ccc(N=Nc3ccc(C(=O)OC)cc3)cc2)cc1. The highest BCUT2D eigenvalue weighted by Gasteiger charge is 2.05. The molecule has 0 atom stereocenters. The second kappa shape index (κ2) is 11.4. The molecule has 3 aromatic rings. The minimum atomic E-state index is -0.423. The Bertz CT molecular complexity index is 1130. The minimum Gasteiger partial charge on any atom is -0.490 e. The van der Waals surface area contributed by atoms with Crippen LogP contribution in [0.3, 0.4) is 0 Å². The van der Waals surface area contributed by atoms with Gasteiger partial charge in [0.15, 0.2) is 0 Å². The van der Waals surface area contributed by atoms with Crippen molar-refractivity contribution in [3.05, 3.63) is 90.5 Å². The molecule has 0 aliphatic carbocycles. The maximum atomic E-state index is 11.5. The Morgan fingerprint density at radius 2 is 1.30 bits per heavy atom. The Labute approximate surface area is 192 Å². The first-order valence-corrected chi connectivity index (χ1v) is 10.2. The number of carbonyl (C=O) groups excluding carboxylic acids is 2. The van der Waals surface area contributed by atoms with E-state index in [0.29, 0.717) is 28.3 Å². The van der Waals surface area contributed by atoms with Gasteiger partial charge in [-0.2, -0.15) is 10.2 Å². The molecule has 0 unspecified atom stereocenters. The molecular weight excluding hydrogens is 420 g/mol. The van der Waals surface area contributed by atoms with Crippen LogP contribution in [-0.4, -0.2) is 32.3 Å². The van der Waals surface area contributed by atoms with E-state index in [4.69, 9.17) is 9.47 Å². The number of carbonyl (C=O) groups is 2. The predicted molar refractivity (Wildman–Crippen MR) is 125 cm³/mol. The van der Waals surface area contributed by atoms with Crippen molar-refractivity contribution in [1.82, 2.24) is 0 Å². The van der Waals surface area contributed by atoms with Crippen molar-refractivity contribution in [2.45, 2.75) is 6.92 Å². The molecule has 7 heteroatoms. The predicted octanol–water partition coefficient (Wildman–Crippen LogP) is 6.05. The highest BCUT2D eigenvalue weighted by molar-refractivity contribution is 5.89. The summed E-state index contributed by atoms with van der Waals surface area (Å²) in [5.41, 5.74) is 4.22. The van der Waals surface area contributed by atoms with E-state index in [2.05, 4.69) is 21.5 Å². The molecule has 0 saturated carbocycles. The van der Waals surface area contributed by atoms with E-state index in [1.165, 1.54) is 7.11 Å². The van der Waals surface area contributed by atoms with E-state index in [-0.39, 0.29) is 13.2 Å². The number of rotatable bonds is 9. The fraction of sp³-hybridized carbons (Fsp3) is 0.154. The van der Waals surface area contributed by atoms with E-state index in [9.17, 15) is 9.59 Å². The quantitative estimate of drug-likeness (QED) is 0.173. The summed E-state index contributed by atoms with van der Waals surface area (Å²) in [5, 5.41) is 8.43. The lowest BCUT2D eigenvalue weighted by Gasteiger charge is -2.08. The third kappa shape index (κ3) is 6.87. The Hall–Kier alpha value is -4.26. The molecule has 0 aromatic heterocycles. The first-order valence-electron chi connectivity index (χ1n) is 10.2. The summed E-state index contributed by atoms with van der Waals surface area (Å²) in [6, 6.07) is 22.0. The maximum Gasteiger partial charge on any atom is 0.337 e. The highest BCUT2D eigenvalue weighted by Crippen LogP contribution is 2.26. The van der Waals surface area contributed by atoms with Gasteiger partial charge in [-0.05, 0) is 66.6 Å². The largest absolute Gasteiger partial charge is 0.490 e. The van der Waals surface area contributed by atoms with E-state index in [0.717, 1.165) is 11.1 Å². The second-order valence-electron chi connectivity index (χ2n) is 7.07. The highest BCUT2D eigenvalue weighted by atomic mass is 16.6. The van der Waals surface area contributed by atoms with Crippen LogP contribution in [-0.2, 0) is 14.3 Å².